The van der Waals surface area contributed by atoms with Crippen molar-refractivity contribution in [2.45, 2.75) is 6.18 Å². The minimum absolute atomic E-state index is 0.0729. The van der Waals surface area contributed by atoms with Gasteiger partial charge in [0.15, 0.2) is 0 Å². The van der Waals surface area contributed by atoms with Crippen molar-refractivity contribution in [3.05, 3.63) is 53.1 Å². The second kappa shape index (κ2) is 5.76. The van der Waals surface area contributed by atoms with E-state index in [-0.39, 0.29) is 22.1 Å². The number of anilines is 2. The van der Waals surface area contributed by atoms with E-state index in [9.17, 15) is 23.1 Å². The number of urea groups is 1. The van der Waals surface area contributed by atoms with Gasteiger partial charge in [0.05, 0.1) is 16.9 Å². The maximum atomic E-state index is 12.8. The smallest absolute Gasteiger partial charge is 0.416 e. The van der Waals surface area contributed by atoms with Gasteiger partial charge in [-0.05, 0) is 30.3 Å². The van der Waals surface area contributed by atoms with Crippen LogP contribution in [-0.2, 0) is 6.18 Å². The Morgan fingerprint density at radius 3 is 2.41 bits per heavy atom. The maximum Gasteiger partial charge on any atom is 0.416 e. The van der Waals surface area contributed by atoms with E-state index in [2.05, 4.69) is 0 Å². The third-order valence-corrected chi connectivity index (χ3v) is 3.07. The third-order valence-electron chi connectivity index (χ3n) is 2.83. The van der Waals surface area contributed by atoms with E-state index in [1.54, 1.807) is 0 Å². The van der Waals surface area contributed by atoms with Crippen molar-refractivity contribution in [1.82, 2.24) is 0 Å². The van der Waals surface area contributed by atoms with Crippen LogP contribution in [0.2, 0.25) is 5.02 Å². The van der Waals surface area contributed by atoms with E-state index >= 15 is 0 Å². The molecule has 0 aliphatic heterocycles. The second-order valence-corrected chi connectivity index (χ2v) is 4.79. The highest BCUT2D eigenvalue weighted by Gasteiger charge is 2.31. The summed E-state index contributed by atoms with van der Waals surface area (Å²) in [7, 11) is 0. The van der Waals surface area contributed by atoms with Crippen LogP contribution in [0.5, 0.6) is 5.75 Å². The van der Waals surface area contributed by atoms with Crippen LogP contribution in [0.25, 0.3) is 0 Å². The van der Waals surface area contributed by atoms with E-state index in [0.29, 0.717) is 0 Å². The Morgan fingerprint density at radius 2 is 1.86 bits per heavy atom. The van der Waals surface area contributed by atoms with E-state index < -0.39 is 17.8 Å². The molecule has 3 N–H and O–H groups in total. The van der Waals surface area contributed by atoms with Crippen LogP contribution in [0, 0.1) is 0 Å². The van der Waals surface area contributed by atoms with Gasteiger partial charge in [-0.25, -0.2) is 4.79 Å². The topological polar surface area (TPSA) is 66.6 Å². The number of phenolic OH excluding ortho intramolecular Hbond substituents is 1. The Morgan fingerprint density at radius 1 is 1.18 bits per heavy atom. The largest absolute Gasteiger partial charge is 0.506 e. The van der Waals surface area contributed by atoms with Crippen LogP contribution >= 0.6 is 11.6 Å². The normalized spacial score (nSPS) is 11.3. The number of phenols is 1. The van der Waals surface area contributed by atoms with Crippen molar-refractivity contribution in [3.8, 4) is 5.75 Å². The summed E-state index contributed by atoms with van der Waals surface area (Å²) in [5.74, 6) is -0.385. The lowest BCUT2D eigenvalue weighted by Crippen LogP contribution is -2.31. The number of hydrogen-bond acceptors (Lipinski definition) is 2. The van der Waals surface area contributed by atoms with Gasteiger partial charge in [0, 0.05) is 11.1 Å². The molecule has 0 fully saturated rings. The molecule has 0 radical (unpaired) electrons. The Labute approximate surface area is 128 Å². The SMILES string of the molecule is NC(=O)N(c1cccc(C(F)(F)F)c1)c1ccc(Cl)cc1O. The lowest BCUT2D eigenvalue weighted by molar-refractivity contribution is -0.137. The summed E-state index contributed by atoms with van der Waals surface area (Å²) in [6.45, 7) is 0. The number of halogens is 4. The van der Waals surface area contributed by atoms with Crippen LogP contribution in [0.15, 0.2) is 42.5 Å². The van der Waals surface area contributed by atoms with Crippen molar-refractivity contribution < 1.29 is 23.1 Å². The number of aromatic hydroxyl groups is 1. The number of primary amides is 1. The molecule has 0 heterocycles. The fourth-order valence-corrected chi connectivity index (χ4v) is 2.06. The molecule has 2 aromatic carbocycles. The van der Waals surface area contributed by atoms with Crippen LogP contribution in [-0.4, -0.2) is 11.1 Å². The van der Waals surface area contributed by atoms with Crippen molar-refractivity contribution in [2.75, 3.05) is 4.90 Å². The molecule has 4 nitrogen and oxygen atoms in total. The lowest BCUT2D eigenvalue weighted by Gasteiger charge is -2.22. The molecule has 0 aliphatic carbocycles. The van der Waals surface area contributed by atoms with Crippen LogP contribution in [0.4, 0.5) is 29.3 Å². The highest BCUT2D eigenvalue weighted by molar-refractivity contribution is 6.30. The molecule has 0 aliphatic rings. The number of rotatable bonds is 2. The summed E-state index contributed by atoms with van der Waals surface area (Å²) in [5, 5.41) is 10.0. The fourth-order valence-electron chi connectivity index (χ4n) is 1.89. The second-order valence-electron chi connectivity index (χ2n) is 4.35. The van der Waals surface area contributed by atoms with Gasteiger partial charge < -0.3 is 10.8 Å². The van der Waals surface area contributed by atoms with Crippen LogP contribution in [0.3, 0.4) is 0 Å². The molecule has 0 aromatic heterocycles. The molecule has 22 heavy (non-hydrogen) atoms. The number of carbonyl (C=O) groups excluding carboxylic acids is 1. The summed E-state index contributed by atoms with van der Waals surface area (Å²) < 4.78 is 38.3. The minimum atomic E-state index is -4.57. The van der Waals surface area contributed by atoms with E-state index in [0.717, 1.165) is 29.2 Å². The van der Waals surface area contributed by atoms with Gasteiger partial charge in [0.1, 0.15) is 5.75 Å². The van der Waals surface area contributed by atoms with Gasteiger partial charge in [-0.3, -0.25) is 4.90 Å². The van der Waals surface area contributed by atoms with Gasteiger partial charge in [-0.2, -0.15) is 13.2 Å². The Bertz CT molecular complexity index is 719. The molecular formula is C14H10ClF3N2O2. The molecule has 0 spiro atoms. The van der Waals surface area contributed by atoms with Crippen LogP contribution in [0.1, 0.15) is 5.56 Å². The first-order valence-corrected chi connectivity index (χ1v) is 6.33. The molecule has 8 heteroatoms. The predicted molar refractivity (Wildman–Crippen MR) is 76.3 cm³/mol. The van der Waals surface area contributed by atoms with E-state index in [1.807, 2.05) is 0 Å². The molecule has 116 valence electrons. The molecular weight excluding hydrogens is 321 g/mol. The maximum absolute atomic E-state index is 12.8. The first-order chi connectivity index (χ1) is 10.2. The molecule has 0 unspecified atom stereocenters. The molecule has 0 saturated carbocycles. The number of amides is 2. The van der Waals surface area contributed by atoms with E-state index in [1.165, 1.54) is 18.2 Å². The molecule has 0 bridgehead atoms. The lowest BCUT2D eigenvalue weighted by atomic mass is 10.1. The average molecular weight is 331 g/mol. The standard InChI is InChI=1S/C14H10ClF3N2O2/c15-9-4-5-11(12(21)7-9)20(13(19)22)10-3-1-2-8(6-10)14(16,17)18/h1-7,21H,(H2,19,22). The first kappa shape index (κ1) is 16.0. The summed E-state index contributed by atoms with van der Waals surface area (Å²) in [4.78, 5) is 12.4. The fraction of sp³-hybridized carbons (Fsp3) is 0.0714. The summed E-state index contributed by atoms with van der Waals surface area (Å²) in [6, 6.07) is 6.80. The Kier molecular flexibility index (Phi) is 4.18. The Balaban J connectivity index is 2.56. The minimum Gasteiger partial charge on any atom is -0.506 e. The zero-order chi connectivity index (χ0) is 16.5. The molecule has 2 amide bonds. The number of hydrogen-bond donors (Lipinski definition) is 2. The number of carbonyl (C=O) groups is 1. The van der Waals surface area contributed by atoms with Gasteiger partial charge in [-0.1, -0.05) is 17.7 Å². The molecule has 2 rings (SSSR count). The molecule has 2 aromatic rings. The van der Waals surface area contributed by atoms with Gasteiger partial charge >= 0.3 is 12.2 Å². The van der Waals surface area contributed by atoms with Gasteiger partial charge in [0.2, 0.25) is 0 Å². The van der Waals surface area contributed by atoms with Crippen molar-refractivity contribution in [2.24, 2.45) is 5.73 Å². The van der Waals surface area contributed by atoms with Crippen molar-refractivity contribution >= 4 is 29.0 Å². The quantitative estimate of drug-likeness (QED) is 0.863. The van der Waals surface area contributed by atoms with Gasteiger partial charge in [0.25, 0.3) is 0 Å². The average Bonchev–Trinajstić information content (AvgIpc) is 2.41. The van der Waals surface area contributed by atoms with Gasteiger partial charge in [-0.15, -0.1) is 0 Å². The molecule has 0 saturated heterocycles. The van der Waals surface area contributed by atoms with Crippen molar-refractivity contribution in [3.63, 3.8) is 0 Å². The summed E-state index contributed by atoms with van der Waals surface area (Å²) in [6.07, 6.45) is -4.57. The number of alkyl halides is 3. The summed E-state index contributed by atoms with van der Waals surface area (Å²) in [5.41, 5.74) is 4.09. The number of nitrogens with zero attached hydrogens (tertiary/aromatic N) is 1. The van der Waals surface area contributed by atoms with E-state index in [4.69, 9.17) is 17.3 Å². The summed E-state index contributed by atoms with van der Waals surface area (Å²) >= 11 is 5.69. The number of benzene rings is 2. The molecule has 0 atom stereocenters. The Hall–Kier alpha value is -2.41. The highest BCUT2D eigenvalue weighted by Crippen LogP contribution is 2.37. The zero-order valence-electron chi connectivity index (χ0n) is 10.9. The monoisotopic (exact) mass is 330 g/mol. The first-order valence-electron chi connectivity index (χ1n) is 5.95. The van der Waals surface area contributed by atoms with Crippen molar-refractivity contribution in [1.29, 1.82) is 0 Å². The van der Waals surface area contributed by atoms with Crippen LogP contribution < -0.4 is 10.6 Å². The highest BCUT2D eigenvalue weighted by atomic mass is 35.5. The number of nitrogens with two attached hydrogens (primary N) is 1. The zero-order valence-corrected chi connectivity index (χ0v) is 11.7. The predicted octanol–water partition coefficient (Wildman–Crippen LogP) is 4.28. The third kappa shape index (κ3) is 3.25.